The lowest BCUT2D eigenvalue weighted by Crippen LogP contribution is -2.12. The third-order valence-electron chi connectivity index (χ3n) is 2.26. The Labute approximate surface area is 97.2 Å². The van der Waals surface area contributed by atoms with Crippen molar-refractivity contribution < 1.29 is 9.47 Å². The van der Waals surface area contributed by atoms with Crippen LogP contribution in [0.15, 0.2) is 48.7 Å². The van der Waals surface area contributed by atoms with Crippen LogP contribution in [0.2, 0.25) is 0 Å². The Morgan fingerprint density at radius 3 is 2.75 bits per heavy atom. The molecule has 0 saturated carbocycles. The maximum Gasteiger partial charge on any atom is 0.147 e. The van der Waals surface area contributed by atoms with Crippen LogP contribution in [0, 0.1) is 0 Å². The van der Waals surface area contributed by atoms with Gasteiger partial charge in [-0.1, -0.05) is 36.9 Å². The maximum absolute atomic E-state index is 5.47. The molecule has 0 heterocycles. The summed E-state index contributed by atoms with van der Waals surface area (Å²) in [6.45, 7) is 3.87. The van der Waals surface area contributed by atoms with Gasteiger partial charge in [0, 0.05) is 7.11 Å². The van der Waals surface area contributed by atoms with Gasteiger partial charge in [0.25, 0.3) is 0 Å². The second-order valence-electron chi connectivity index (χ2n) is 3.51. The lowest BCUT2D eigenvalue weighted by Gasteiger charge is -2.12. The molecule has 0 aromatic heterocycles. The highest BCUT2D eigenvalue weighted by Crippen LogP contribution is 2.08. The molecule has 2 nitrogen and oxygen atoms in total. The molecule has 0 radical (unpaired) electrons. The molecule has 0 N–H and O–H groups in total. The van der Waals surface area contributed by atoms with Gasteiger partial charge in [0.05, 0.1) is 6.10 Å². The highest BCUT2D eigenvalue weighted by molar-refractivity contribution is 5.14. The molecule has 2 heteroatoms. The minimum atomic E-state index is 0.0256. The first kappa shape index (κ1) is 12.7. The summed E-state index contributed by atoms with van der Waals surface area (Å²) in [4.78, 5) is 0. The van der Waals surface area contributed by atoms with Crippen molar-refractivity contribution in [3.05, 3.63) is 54.3 Å². The second kappa shape index (κ2) is 7.89. The lowest BCUT2D eigenvalue weighted by atomic mass is 10.1. The molecule has 0 unspecified atom stereocenters. The molecule has 86 valence electrons. The first-order valence-electron chi connectivity index (χ1n) is 5.37. The average Bonchev–Trinajstić information content (AvgIpc) is 2.34. The Kier molecular flexibility index (Phi) is 6.28. The molecule has 0 spiro atoms. The normalized spacial score (nSPS) is 11.8. The summed E-state index contributed by atoms with van der Waals surface area (Å²) in [5.41, 5.74) is 4.07. The van der Waals surface area contributed by atoms with E-state index in [1.165, 1.54) is 5.56 Å². The fraction of sp³-hybridized carbons (Fsp3) is 0.357. The number of ether oxygens (including phenoxy) is 2. The first-order valence-corrected chi connectivity index (χ1v) is 5.37. The molecule has 0 aliphatic heterocycles. The van der Waals surface area contributed by atoms with Gasteiger partial charge in [-0.2, -0.15) is 0 Å². The van der Waals surface area contributed by atoms with Crippen LogP contribution in [0.4, 0.5) is 0 Å². The van der Waals surface area contributed by atoms with E-state index >= 15 is 0 Å². The Morgan fingerprint density at radius 2 is 2.12 bits per heavy atom. The Balaban J connectivity index is 2.40. The van der Waals surface area contributed by atoms with Crippen LogP contribution < -0.4 is 0 Å². The predicted molar refractivity (Wildman–Crippen MR) is 65.2 cm³/mol. The number of benzene rings is 1. The van der Waals surface area contributed by atoms with E-state index in [2.05, 4.69) is 24.4 Å². The highest BCUT2D eigenvalue weighted by atomic mass is 16.7. The van der Waals surface area contributed by atoms with E-state index < -0.39 is 0 Å². The first-order chi connectivity index (χ1) is 7.86. The van der Waals surface area contributed by atoms with Crippen molar-refractivity contribution in [3.8, 4) is 0 Å². The molecule has 0 fully saturated rings. The van der Waals surface area contributed by atoms with Gasteiger partial charge in [-0.05, 0) is 24.5 Å². The summed E-state index contributed by atoms with van der Waals surface area (Å²) in [6, 6.07) is 10.3. The molecule has 0 bridgehead atoms. The summed E-state index contributed by atoms with van der Waals surface area (Å²) in [7, 11) is 1.62. The zero-order chi connectivity index (χ0) is 11.6. The van der Waals surface area contributed by atoms with Crippen LogP contribution in [0.1, 0.15) is 12.0 Å². The molecule has 0 aliphatic rings. The van der Waals surface area contributed by atoms with Crippen LogP contribution in [-0.2, 0) is 15.9 Å². The highest BCUT2D eigenvalue weighted by Gasteiger charge is 2.04. The van der Waals surface area contributed by atoms with Crippen LogP contribution >= 0.6 is 0 Å². The standard InChI is InChI=1S/C14H18O2/c1-3-7-14(16-12-15-2)11-10-13-8-5-4-6-9-13/h4-9,14H,1,10-12H2,2H3/t14-/m0/s1. The quantitative estimate of drug-likeness (QED) is 0.517. The van der Waals surface area contributed by atoms with Crippen molar-refractivity contribution in [2.75, 3.05) is 13.9 Å². The number of hydrogen-bond acceptors (Lipinski definition) is 2. The van der Waals surface area contributed by atoms with Crippen molar-refractivity contribution in [3.63, 3.8) is 0 Å². The SMILES string of the molecule is C=C=C[C@@H](CCc1ccccc1)OCOC. The summed E-state index contributed by atoms with van der Waals surface area (Å²) >= 11 is 0. The maximum atomic E-state index is 5.47. The summed E-state index contributed by atoms with van der Waals surface area (Å²) in [5.74, 6) is 0. The van der Waals surface area contributed by atoms with E-state index in [0.29, 0.717) is 6.79 Å². The van der Waals surface area contributed by atoms with Gasteiger partial charge in [-0.15, -0.1) is 5.73 Å². The fourth-order valence-electron chi connectivity index (χ4n) is 1.46. The second-order valence-corrected chi connectivity index (χ2v) is 3.51. The van der Waals surface area contributed by atoms with Gasteiger partial charge in [0.15, 0.2) is 0 Å². The van der Waals surface area contributed by atoms with Crippen LogP contribution in [0.3, 0.4) is 0 Å². The summed E-state index contributed by atoms with van der Waals surface area (Å²) in [5, 5.41) is 0. The molecular weight excluding hydrogens is 200 g/mol. The van der Waals surface area contributed by atoms with Gasteiger partial charge in [0.1, 0.15) is 6.79 Å². The zero-order valence-electron chi connectivity index (χ0n) is 9.69. The van der Waals surface area contributed by atoms with E-state index in [0.717, 1.165) is 12.8 Å². The third kappa shape index (κ3) is 4.94. The minimum absolute atomic E-state index is 0.0256. The molecule has 1 atom stereocenters. The molecule has 0 amide bonds. The smallest absolute Gasteiger partial charge is 0.147 e. The molecule has 0 saturated heterocycles. The Hall–Kier alpha value is -1.34. The van der Waals surface area contributed by atoms with E-state index in [1.807, 2.05) is 24.3 Å². The van der Waals surface area contributed by atoms with E-state index in [-0.39, 0.29) is 6.10 Å². The molecule has 16 heavy (non-hydrogen) atoms. The van der Waals surface area contributed by atoms with E-state index in [4.69, 9.17) is 9.47 Å². The van der Waals surface area contributed by atoms with Gasteiger partial charge in [0.2, 0.25) is 0 Å². The van der Waals surface area contributed by atoms with E-state index in [1.54, 1.807) is 7.11 Å². The Bertz CT molecular complexity index is 326. The minimum Gasteiger partial charge on any atom is -0.359 e. The molecule has 1 aromatic rings. The fourth-order valence-corrected chi connectivity index (χ4v) is 1.46. The van der Waals surface area contributed by atoms with Crippen LogP contribution in [0.25, 0.3) is 0 Å². The van der Waals surface area contributed by atoms with Gasteiger partial charge < -0.3 is 9.47 Å². The molecule has 0 aliphatic carbocycles. The third-order valence-corrected chi connectivity index (χ3v) is 2.26. The number of aryl methyl sites for hydroxylation is 1. The molecular formula is C14H18O2. The van der Waals surface area contributed by atoms with Crippen molar-refractivity contribution in [2.24, 2.45) is 0 Å². The molecule has 1 aromatic carbocycles. The van der Waals surface area contributed by atoms with Crippen molar-refractivity contribution >= 4 is 0 Å². The van der Waals surface area contributed by atoms with Crippen LogP contribution in [-0.4, -0.2) is 20.0 Å². The monoisotopic (exact) mass is 218 g/mol. The summed E-state index contributed by atoms with van der Waals surface area (Å²) < 4.78 is 10.4. The van der Waals surface area contributed by atoms with Crippen molar-refractivity contribution in [1.82, 2.24) is 0 Å². The Morgan fingerprint density at radius 1 is 1.38 bits per heavy atom. The summed E-state index contributed by atoms with van der Waals surface area (Å²) in [6.07, 6.45) is 3.75. The van der Waals surface area contributed by atoms with Gasteiger partial charge >= 0.3 is 0 Å². The lowest BCUT2D eigenvalue weighted by molar-refractivity contribution is -0.0572. The van der Waals surface area contributed by atoms with Crippen LogP contribution in [0.5, 0.6) is 0 Å². The largest absolute Gasteiger partial charge is 0.359 e. The average molecular weight is 218 g/mol. The number of hydrogen-bond donors (Lipinski definition) is 0. The van der Waals surface area contributed by atoms with Gasteiger partial charge in [-0.3, -0.25) is 0 Å². The van der Waals surface area contributed by atoms with Gasteiger partial charge in [-0.25, -0.2) is 0 Å². The zero-order valence-corrected chi connectivity index (χ0v) is 9.69. The predicted octanol–water partition coefficient (Wildman–Crippen LogP) is 2.95. The number of methoxy groups -OCH3 is 1. The van der Waals surface area contributed by atoms with E-state index in [9.17, 15) is 0 Å². The topological polar surface area (TPSA) is 18.5 Å². The molecule has 1 rings (SSSR count). The van der Waals surface area contributed by atoms with Crippen molar-refractivity contribution in [2.45, 2.75) is 18.9 Å². The number of rotatable bonds is 7. The van der Waals surface area contributed by atoms with Crippen molar-refractivity contribution in [1.29, 1.82) is 0 Å².